The second-order valence-electron chi connectivity index (χ2n) is 5.12. The number of nitrogens with one attached hydrogen (secondary N) is 1. The highest BCUT2D eigenvalue weighted by Crippen LogP contribution is 2.30. The van der Waals surface area contributed by atoms with Crippen molar-refractivity contribution in [2.75, 3.05) is 6.54 Å². The first-order chi connectivity index (χ1) is 11.7. The van der Waals surface area contributed by atoms with Gasteiger partial charge >= 0.3 is 6.18 Å². The maximum absolute atomic E-state index is 12.7. The highest BCUT2D eigenvalue weighted by atomic mass is 79.9. The van der Waals surface area contributed by atoms with Gasteiger partial charge in [-0.05, 0) is 17.7 Å². The first-order valence-corrected chi connectivity index (χ1v) is 8.36. The Hall–Kier alpha value is -1.86. The fourth-order valence-electron chi connectivity index (χ4n) is 2.11. The van der Waals surface area contributed by atoms with Gasteiger partial charge in [-0.3, -0.25) is 9.59 Å². The quantitative estimate of drug-likeness (QED) is 0.548. The van der Waals surface area contributed by atoms with Crippen LogP contribution in [-0.2, 0) is 4.79 Å². The smallest absolute Gasteiger partial charge is 0.346 e. The molecule has 3 nitrogen and oxygen atoms in total. The van der Waals surface area contributed by atoms with E-state index in [-0.39, 0.29) is 21.9 Å². The van der Waals surface area contributed by atoms with E-state index in [9.17, 15) is 22.8 Å². The summed E-state index contributed by atoms with van der Waals surface area (Å²) in [7, 11) is 0. The molecule has 132 valence electrons. The van der Waals surface area contributed by atoms with Crippen LogP contribution >= 0.6 is 27.5 Å². The Morgan fingerprint density at radius 3 is 2.36 bits per heavy atom. The monoisotopic (exact) mass is 433 g/mol. The Bertz CT molecular complexity index is 781. The number of alkyl halides is 4. The van der Waals surface area contributed by atoms with Crippen LogP contribution in [0.1, 0.15) is 26.3 Å². The number of benzene rings is 2. The largest absolute Gasteiger partial charge is 0.405 e. The molecule has 0 aliphatic carbocycles. The summed E-state index contributed by atoms with van der Waals surface area (Å²) in [6, 6.07) is 12.6. The molecule has 2 aromatic carbocycles. The lowest BCUT2D eigenvalue weighted by molar-refractivity contribution is -0.138. The summed E-state index contributed by atoms with van der Waals surface area (Å²) in [4.78, 5) is 23.5. The van der Waals surface area contributed by atoms with E-state index in [2.05, 4.69) is 15.9 Å². The number of hydrogen-bond donors (Lipinski definition) is 1. The zero-order chi connectivity index (χ0) is 18.6. The molecule has 2 rings (SSSR count). The van der Waals surface area contributed by atoms with Crippen molar-refractivity contribution >= 4 is 39.2 Å². The Kier molecular flexibility index (Phi) is 6.24. The van der Waals surface area contributed by atoms with Crippen LogP contribution in [0.5, 0.6) is 0 Å². The Morgan fingerprint density at radius 1 is 1.12 bits per heavy atom. The van der Waals surface area contributed by atoms with E-state index < -0.39 is 23.5 Å². The summed E-state index contributed by atoms with van der Waals surface area (Å²) in [6.07, 6.45) is -4.52. The van der Waals surface area contributed by atoms with Crippen LogP contribution in [0, 0.1) is 0 Å². The number of carbonyl (C=O) groups excluding carboxylic acids is 2. The van der Waals surface area contributed by atoms with Crippen LogP contribution < -0.4 is 5.32 Å². The first-order valence-electron chi connectivity index (χ1n) is 7.07. The fourth-order valence-corrected chi connectivity index (χ4v) is 2.84. The summed E-state index contributed by atoms with van der Waals surface area (Å²) < 4.78 is 36.8. The minimum atomic E-state index is -4.52. The molecule has 2 aromatic rings. The fraction of sp³-hybridized carbons (Fsp3) is 0.176. The standard InChI is InChI=1S/C17H12BrClF3NO2/c18-14(16(25)23-9-17(20,21)22)12-7-6-11(19)8-13(12)15(24)10-4-2-1-3-5-10/h1-8,14H,9H2,(H,23,25). The number of carbonyl (C=O) groups is 2. The highest BCUT2D eigenvalue weighted by molar-refractivity contribution is 9.09. The van der Waals surface area contributed by atoms with Crippen LogP contribution in [0.3, 0.4) is 0 Å². The minimum absolute atomic E-state index is 0.141. The molecule has 0 aliphatic heterocycles. The maximum atomic E-state index is 12.7. The molecule has 0 spiro atoms. The molecule has 0 bridgehead atoms. The van der Waals surface area contributed by atoms with Gasteiger partial charge < -0.3 is 5.32 Å². The molecule has 0 aromatic heterocycles. The predicted molar refractivity (Wildman–Crippen MR) is 92.1 cm³/mol. The molecule has 1 amide bonds. The molecule has 0 saturated carbocycles. The third-order valence-corrected chi connectivity index (χ3v) is 4.41. The highest BCUT2D eigenvalue weighted by Gasteiger charge is 2.30. The summed E-state index contributed by atoms with van der Waals surface area (Å²) in [5.74, 6) is -1.28. The SMILES string of the molecule is O=C(c1ccccc1)c1cc(Cl)ccc1C(Br)C(=O)NCC(F)(F)F. The molecule has 0 radical (unpaired) electrons. The van der Waals surface area contributed by atoms with Crippen LogP contribution in [-0.4, -0.2) is 24.4 Å². The molecule has 1 N–H and O–H groups in total. The van der Waals surface area contributed by atoms with Gasteiger partial charge in [-0.25, -0.2) is 0 Å². The van der Waals surface area contributed by atoms with Gasteiger partial charge in [-0.2, -0.15) is 13.2 Å². The van der Waals surface area contributed by atoms with Crippen LogP contribution in [0.15, 0.2) is 48.5 Å². The molecular weight excluding hydrogens is 423 g/mol. The van der Waals surface area contributed by atoms with Crippen molar-refractivity contribution in [3.63, 3.8) is 0 Å². The zero-order valence-corrected chi connectivity index (χ0v) is 15.0. The average molecular weight is 435 g/mol. The van der Waals surface area contributed by atoms with Gasteiger partial charge in [0.1, 0.15) is 11.4 Å². The molecule has 1 atom stereocenters. The zero-order valence-electron chi connectivity index (χ0n) is 12.6. The third-order valence-electron chi connectivity index (χ3n) is 3.26. The molecule has 0 saturated heterocycles. The van der Waals surface area contributed by atoms with Gasteiger partial charge in [0.25, 0.3) is 0 Å². The van der Waals surface area contributed by atoms with E-state index in [1.54, 1.807) is 35.6 Å². The summed E-state index contributed by atoms with van der Waals surface area (Å²) in [6.45, 7) is -1.45. The number of hydrogen-bond acceptors (Lipinski definition) is 2. The lowest BCUT2D eigenvalue weighted by atomic mass is 9.96. The van der Waals surface area contributed by atoms with Gasteiger partial charge in [0.05, 0.1) is 0 Å². The average Bonchev–Trinajstić information content (AvgIpc) is 2.58. The predicted octanol–water partition coefficient (Wildman–Crippen LogP) is 4.69. The normalized spacial score (nSPS) is 12.5. The van der Waals surface area contributed by atoms with Crippen molar-refractivity contribution in [3.05, 3.63) is 70.2 Å². The van der Waals surface area contributed by atoms with Crippen molar-refractivity contribution in [1.29, 1.82) is 0 Å². The van der Waals surface area contributed by atoms with Crippen LogP contribution in [0.4, 0.5) is 13.2 Å². The van der Waals surface area contributed by atoms with E-state index in [1.165, 1.54) is 18.2 Å². The van der Waals surface area contributed by atoms with Crippen molar-refractivity contribution in [1.82, 2.24) is 5.32 Å². The molecule has 1 unspecified atom stereocenters. The lowest BCUT2D eigenvalue weighted by Gasteiger charge is -2.16. The van der Waals surface area contributed by atoms with E-state index in [0.717, 1.165) is 0 Å². The van der Waals surface area contributed by atoms with Gasteiger partial charge in [-0.1, -0.05) is 63.9 Å². The maximum Gasteiger partial charge on any atom is 0.405 e. The number of amides is 1. The van der Waals surface area contributed by atoms with E-state index >= 15 is 0 Å². The molecule has 0 heterocycles. The van der Waals surface area contributed by atoms with E-state index in [0.29, 0.717) is 5.56 Å². The molecule has 0 aliphatic rings. The molecule has 8 heteroatoms. The summed E-state index contributed by atoms with van der Waals surface area (Å²) in [5.41, 5.74) is 0.752. The molecule has 25 heavy (non-hydrogen) atoms. The van der Waals surface area contributed by atoms with Crippen LogP contribution in [0.25, 0.3) is 0 Å². The minimum Gasteiger partial charge on any atom is -0.346 e. The first kappa shape index (κ1) is 19.5. The topological polar surface area (TPSA) is 46.2 Å². The number of ketones is 1. The Labute approximate surface area is 155 Å². The van der Waals surface area contributed by atoms with E-state index in [4.69, 9.17) is 11.6 Å². The molecular formula is C17H12BrClF3NO2. The second-order valence-corrected chi connectivity index (χ2v) is 6.47. The second kappa shape index (κ2) is 8.01. The van der Waals surface area contributed by atoms with Gasteiger partial charge in [0, 0.05) is 16.1 Å². The summed E-state index contributed by atoms with van der Waals surface area (Å²) in [5, 5.41) is 2.06. The summed E-state index contributed by atoms with van der Waals surface area (Å²) >= 11 is 9.00. The van der Waals surface area contributed by atoms with Crippen molar-refractivity contribution in [2.45, 2.75) is 11.0 Å². The van der Waals surface area contributed by atoms with E-state index in [1.807, 2.05) is 0 Å². The van der Waals surface area contributed by atoms with Gasteiger partial charge in [0.15, 0.2) is 5.78 Å². The van der Waals surface area contributed by atoms with Gasteiger partial charge in [-0.15, -0.1) is 0 Å². The number of rotatable bonds is 5. The van der Waals surface area contributed by atoms with Crippen LogP contribution in [0.2, 0.25) is 5.02 Å². The Morgan fingerprint density at radius 2 is 1.76 bits per heavy atom. The van der Waals surface area contributed by atoms with Crippen molar-refractivity contribution < 1.29 is 22.8 Å². The van der Waals surface area contributed by atoms with Crippen molar-refractivity contribution in [2.24, 2.45) is 0 Å². The Balaban J connectivity index is 2.32. The van der Waals surface area contributed by atoms with Crippen molar-refractivity contribution in [3.8, 4) is 0 Å². The lowest BCUT2D eigenvalue weighted by Crippen LogP contribution is -2.35. The molecule has 0 fully saturated rings. The number of halogens is 5. The third kappa shape index (κ3) is 5.31. The van der Waals surface area contributed by atoms with Gasteiger partial charge in [0.2, 0.25) is 5.91 Å².